The second-order valence-corrected chi connectivity index (χ2v) is 7.07. The molecular weight excluding hydrogens is 328 g/mol. The maximum absolute atomic E-state index is 12.1. The third-order valence-corrected chi connectivity index (χ3v) is 4.79. The standard InChI is InChI=1S/C14H17ClN2O4S/c1-17(10-11-4-6-12(15)7-5-11)22(19,20)16-9-13(18)14-3-2-8-21-14/h2-8,13,16,18H,9-10H2,1H3. The number of halogens is 1. The number of nitrogens with zero attached hydrogens (tertiary/aromatic N) is 1. The Hall–Kier alpha value is -1.38. The van der Waals surface area contributed by atoms with Crippen molar-refractivity contribution in [2.45, 2.75) is 12.6 Å². The molecule has 1 aromatic heterocycles. The highest BCUT2D eigenvalue weighted by atomic mass is 35.5. The lowest BCUT2D eigenvalue weighted by Crippen LogP contribution is -2.39. The van der Waals surface area contributed by atoms with E-state index in [9.17, 15) is 13.5 Å². The molecule has 0 spiro atoms. The summed E-state index contributed by atoms with van der Waals surface area (Å²) in [6.45, 7) is 0.0319. The van der Waals surface area contributed by atoms with Gasteiger partial charge in [-0.3, -0.25) is 0 Å². The normalized spacial score (nSPS) is 13.5. The van der Waals surface area contributed by atoms with E-state index in [4.69, 9.17) is 16.0 Å². The topological polar surface area (TPSA) is 82.8 Å². The minimum absolute atomic E-state index is 0.166. The van der Waals surface area contributed by atoms with Gasteiger partial charge >= 0.3 is 0 Å². The molecule has 0 saturated heterocycles. The third kappa shape index (κ3) is 4.56. The molecule has 0 fully saturated rings. The first-order valence-corrected chi connectivity index (χ1v) is 8.37. The molecule has 0 aliphatic carbocycles. The number of aliphatic hydroxyl groups is 1. The quantitative estimate of drug-likeness (QED) is 0.804. The molecule has 1 heterocycles. The maximum Gasteiger partial charge on any atom is 0.279 e. The molecule has 1 unspecified atom stereocenters. The summed E-state index contributed by atoms with van der Waals surface area (Å²) in [5, 5.41) is 10.4. The van der Waals surface area contributed by atoms with Gasteiger partial charge in [0.25, 0.3) is 10.2 Å². The predicted octanol–water partition coefficient (Wildman–Crippen LogP) is 1.93. The van der Waals surface area contributed by atoms with Crippen molar-refractivity contribution in [2.24, 2.45) is 0 Å². The second-order valence-electron chi connectivity index (χ2n) is 4.77. The Labute approximate surface area is 134 Å². The first-order valence-electron chi connectivity index (χ1n) is 6.55. The van der Waals surface area contributed by atoms with Crippen LogP contribution in [-0.2, 0) is 16.8 Å². The summed E-state index contributed by atoms with van der Waals surface area (Å²) >= 11 is 5.79. The highest BCUT2D eigenvalue weighted by Gasteiger charge is 2.20. The van der Waals surface area contributed by atoms with Crippen molar-refractivity contribution in [1.29, 1.82) is 0 Å². The van der Waals surface area contributed by atoms with Crippen LogP contribution < -0.4 is 4.72 Å². The summed E-state index contributed by atoms with van der Waals surface area (Å²) < 4.78 is 32.8. The lowest BCUT2D eigenvalue weighted by Gasteiger charge is -2.19. The van der Waals surface area contributed by atoms with Crippen molar-refractivity contribution in [3.8, 4) is 0 Å². The molecule has 2 rings (SSSR count). The van der Waals surface area contributed by atoms with Crippen molar-refractivity contribution < 1.29 is 17.9 Å². The Morgan fingerprint density at radius 3 is 2.59 bits per heavy atom. The zero-order valence-electron chi connectivity index (χ0n) is 11.9. The molecule has 1 atom stereocenters. The van der Waals surface area contributed by atoms with Gasteiger partial charge in [0.15, 0.2) is 0 Å². The fourth-order valence-electron chi connectivity index (χ4n) is 1.81. The smallest absolute Gasteiger partial charge is 0.279 e. The van der Waals surface area contributed by atoms with Gasteiger partial charge in [-0.25, -0.2) is 0 Å². The van der Waals surface area contributed by atoms with Gasteiger partial charge in [-0.15, -0.1) is 0 Å². The predicted molar refractivity (Wildman–Crippen MR) is 83.5 cm³/mol. The molecule has 6 nitrogen and oxygen atoms in total. The Kier molecular flexibility index (Phi) is 5.60. The molecule has 0 saturated carbocycles. The average molecular weight is 345 g/mol. The fourth-order valence-corrected chi connectivity index (χ4v) is 2.84. The Morgan fingerprint density at radius 2 is 2.00 bits per heavy atom. The highest BCUT2D eigenvalue weighted by Crippen LogP contribution is 2.14. The fraction of sp³-hybridized carbons (Fsp3) is 0.286. The summed E-state index contributed by atoms with van der Waals surface area (Å²) in [6.07, 6.45) is 0.383. The molecule has 0 radical (unpaired) electrons. The van der Waals surface area contributed by atoms with E-state index in [-0.39, 0.29) is 13.1 Å². The van der Waals surface area contributed by atoms with Crippen LogP contribution in [0.1, 0.15) is 17.4 Å². The van der Waals surface area contributed by atoms with Crippen LogP contribution in [0.4, 0.5) is 0 Å². The minimum atomic E-state index is -3.71. The molecule has 1 aromatic carbocycles. The third-order valence-electron chi connectivity index (χ3n) is 3.06. The van der Waals surface area contributed by atoms with Gasteiger partial charge in [-0.05, 0) is 29.8 Å². The number of furan rings is 1. The number of rotatable bonds is 7. The number of aliphatic hydroxyl groups excluding tert-OH is 1. The van der Waals surface area contributed by atoms with Gasteiger partial charge in [-0.2, -0.15) is 17.4 Å². The molecule has 0 aliphatic heterocycles. The zero-order valence-corrected chi connectivity index (χ0v) is 13.5. The van der Waals surface area contributed by atoms with Crippen LogP contribution >= 0.6 is 11.6 Å². The van der Waals surface area contributed by atoms with Gasteiger partial charge in [0.05, 0.1) is 6.26 Å². The van der Waals surface area contributed by atoms with Crippen LogP contribution in [0.3, 0.4) is 0 Å². The number of hydrogen-bond donors (Lipinski definition) is 2. The molecule has 0 aliphatic rings. The Balaban J connectivity index is 1.93. The largest absolute Gasteiger partial charge is 0.467 e. The highest BCUT2D eigenvalue weighted by molar-refractivity contribution is 7.87. The van der Waals surface area contributed by atoms with Gasteiger partial charge in [-0.1, -0.05) is 23.7 Å². The van der Waals surface area contributed by atoms with Crippen LogP contribution in [0, 0.1) is 0 Å². The molecule has 2 N–H and O–H groups in total. The number of nitrogens with one attached hydrogen (secondary N) is 1. The summed E-state index contributed by atoms with van der Waals surface area (Å²) in [7, 11) is -2.25. The molecule has 0 amide bonds. The van der Waals surface area contributed by atoms with E-state index in [2.05, 4.69) is 4.72 Å². The summed E-state index contributed by atoms with van der Waals surface area (Å²) in [6, 6.07) is 10.1. The molecule has 2 aromatic rings. The van der Waals surface area contributed by atoms with Crippen molar-refractivity contribution in [2.75, 3.05) is 13.6 Å². The van der Waals surface area contributed by atoms with E-state index in [0.29, 0.717) is 10.8 Å². The Bertz CT molecular complexity index is 686. The van der Waals surface area contributed by atoms with E-state index in [0.717, 1.165) is 9.87 Å². The number of benzene rings is 1. The van der Waals surface area contributed by atoms with Crippen molar-refractivity contribution in [1.82, 2.24) is 9.03 Å². The first-order chi connectivity index (χ1) is 10.4. The maximum atomic E-state index is 12.1. The first kappa shape index (κ1) is 17.0. The molecule has 8 heteroatoms. The van der Waals surface area contributed by atoms with Crippen LogP contribution in [0.2, 0.25) is 5.02 Å². The lowest BCUT2D eigenvalue weighted by molar-refractivity contribution is 0.153. The van der Waals surface area contributed by atoms with Gasteiger partial charge in [0.1, 0.15) is 11.9 Å². The van der Waals surface area contributed by atoms with Crippen molar-refractivity contribution >= 4 is 21.8 Å². The van der Waals surface area contributed by atoms with Gasteiger partial charge < -0.3 is 9.52 Å². The van der Waals surface area contributed by atoms with E-state index >= 15 is 0 Å². The summed E-state index contributed by atoms with van der Waals surface area (Å²) in [5.74, 6) is 0.308. The van der Waals surface area contributed by atoms with Gasteiger partial charge in [0.2, 0.25) is 0 Å². The molecule has 0 bridgehead atoms. The SMILES string of the molecule is CN(Cc1ccc(Cl)cc1)S(=O)(=O)NCC(O)c1ccco1. The molecule has 22 heavy (non-hydrogen) atoms. The molecule has 120 valence electrons. The van der Waals surface area contributed by atoms with Crippen molar-refractivity contribution in [3.63, 3.8) is 0 Å². The Morgan fingerprint density at radius 1 is 1.32 bits per heavy atom. The van der Waals surface area contributed by atoms with Crippen molar-refractivity contribution in [3.05, 3.63) is 59.0 Å². The van der Waals surface area contributed by atoms with Crippen LogP contribution in [0.15, 0.2) is 47.1 Å². The lowest BCUT2D eigenvalue weighted by atomic mass is 10.2. The van der Waals surface area contributed by atoms with Crippen LogP contribution in [0.5, 0.6) is 0 Å². The number of hydrogen-bond acceptors (Lipinski definition) is 4. The van der Waals surface area contributed by atoms with E-state index in [1.54, 1.807) is 36.4 Å². The molecular formula is C14H17ClN2O4S. The van der Waals surface area contributed by atoms with E-state index in [1.165, 1.54) is 13.3 Å². The van der Waals surface area contributed by atoms with Gasteiger partial charge in [0, 0.05) is 25.2 Å². The average Bonchev–Trinajstić information content (AvgIpc) is 3.01. The summed E-state index contributed by atoms with van der Waals surface area (Å²) in [4.78, 5) is 0. The second kappa shape index (κ2) is 7.26. The zero-order chi connectivity index (χ0) is 16.2. The summed E-state index contributed by atoms with van der Waals surface area (Å²) in [5.41, 5.74) is 0.809. The monoisotopic (exact) mass is 344 g/mol. The van der Waals surface area contributed by atoms with Crippen LogP contribution in [0.25, 0.3) is 0 Å². The van der Waals surface area contributed by atoms with Crippen LogP contribution in [-0.4, -0.2) is 31.4 Å². The minimum Gasteiger partial charge on any atom is -0.467 e. The van der Waals surface area contributed by atoms with E-state index < -0.39 is 16.3 Å². The van der Waals surface area contributed by atoms with E-state index in [1.807, 2.05) is 0 Å².